The number of anilines is 2. The van der Waals surface area contributed by atoms with Gasteiger partial charge in [-0.2, -0.15) is 5.10 Å². The smallest absolute Gasteiger partial charge is 0.221 e. The number of hydrogen-bond donors (Lipinski definition) is 1. The van der Waals surface area contributed by atoms with Gasteiger partial charge in [-0.05, 0) is 19.3 Å². The largest absolute Gasteiger partial charge is 0.367 e. The lowest BCUT2D eigenvalue weighted by Crippen LogP contribution is -2.30. The second-order valence-corrected chi connectivity index (χ2v) is 5.13. The van der Waals surface area contributed by atoms with Crippen LogP contribution in [-0.2, 0) is 4.79 Å². The number of carbonyl (C=O) groups is 1. The standard InChI is InChI=1S/C14H18N6O/c1-11(21)18-12-7-17-20(9-12)14-13(8-15-10-16-14)19-5-3-2-4-6-19/h7-10H,2-6H2,1H3,(H,18,21). The first-order valence-electron chi connectivity index (χ1n) is 7.11. The lowest BCUT2D eigenvalue weighted by molar-refractivity contribution is -0.114. The molecule has 0 spiro atoms. The van der Waals surface area contributed by atoms with E-state index in [0.29, 0.717) is 5.69 Å². The first-order valence-corrected chi connectivity index (χ1v) is 7.11. The quantitative estimate of drug-likeness (QED) is 0.927. The fourth-order valence-corrected chi connectivity index (χ4v) is 2.56. The third-order valence-corrected chi connectivity index (χ3v) is 3.49. The zero-order chi connectivity index (χ0) is 14.7. The van der Waals surface area contributed by atoms with Crippen molar-refractivity contribution in [3.05, 3.63) is 24.9 Å². The molecule has 0 radical (unpaired) electrons. The van der Waals surface area contributed by atoms with Crippen LogP contribution in [0.15, 0.2) is 24.9 Å². The first-order chi connectivity index (χ1) is 10.2. The molecule has 0 atom stereocenters. The van der Waals surface area contributed by atoms with E-state index in [-0.39, 0.29) is 5.91 Å². The number of piperidine rings is 1. The second-order valence-electron chi connectivity index (χ2n) is 5.13. The lowest BCUT2D eigenvalue weighted by atomic mass is 10.1. The zero-order valence-corrected chi connectivity index (χ0v) is 12.0. The average molecular weight is 286 g/mol. The summed E-state index contributed by atoms with van der Waals surface area (Å²) in [4.78, 5) is 21.9. The van der Waals surface area contributed by atoms with Gasteiger partial charge in [0.15, 0.2) is 5.82 Å². The minimum atomic E-state index is -0.117. The van der Waals surface area contributed by atoms with Gasteiger partial charge in [0.2, 0.25) is 5.91 Å². The highest BCUT2D eigenvalue weighted by Gasteiger charge is 2.17. The highest BCUT2D eigenvalue weighted by atomic mass is 16.1. The summed E-state index contributed by atoms with van der Waals surface area (Å²) in [6.07, 6.45) is 10.4. The van der Waals surface area contributed by atoms with E-state index in [0.717, 1.165) is 24.6 Å². The van der Waals surface area contributed by atoms with Crippen molar-refractivity contribution in [3.63, 3.8) is 0 Å². The van der Waals surface area contributed by atoms with Crippen molar-refractivity contribution in [3.8, 4) is 5.82 Å². The zero-order valence-electron chi connectivity index (χ0n) is 12.0. The number of nitrogens with zero attached hydrogens (tertiary/aromatic N) is 5. The molecule has 3 rings (SSSR count). The molecule has 7 heteroatoms. The van der Waals surface area contributed by atoms with Gasteiger partial charge in [-0.3, -0.25) is 4.79 Å². The Morgan fingerprint density at radius 1 is 1.24 bits per heavy atom. The molecule has 1 N–H and O–H groups in total. The molecular weight excluding hydrogens is 268 g/mol. The van der Waals surface area contributed by atoms with Crippen molar-refractivity contribution in [1.82, 2.24) is 19.7 Å². The highest BCUT2D eigenvalue weighted by molar-refractivity contribution is 5.88. The van der Waals surface area contributed by atoms with E-state index in [4.69, 9.17) is 0 Å². The lowest BCUT2D eigenvalue weighted by Gasteiger charge is -2.29. The molecule has 1 aliphatic heterocycles. The Hall–Kier alpha value is -2.44. The minimum Gasteiger partial charge on any atom is -0.367 e. The van der Waals surface area contributed by atoms with Gasteiger partial charge in [0.25, 0.3) is 0 Å². The van der Waals surface area contributed by atoms with Gasteiger partial charge in [-0.15, -0.1) is 0 Å². The van der Waals surface area contributed by atoms with Gasteiger partial charge in [0, 0.05) is 20.0 Å². The monoisotopic (exact) mass is 286 g/mol. The van der Waals surface area contributed by atoms with Crippen LogP contribution in [0.2, 0.25) is 0 Å². The Labute approximate surface area is 123 Å². The molecule has 1 aliphatic rings. The predicted octanol–water partition coefficient (Wildman–Crippen LogP) is 1.61. The van der Waals surface area contributed by atoms with Crippen LogP contribution >= 0.6 is 0 Å². The van der Waals surface area contributed by atoms with Crippen molar-refractivity contribution >= 4 is 17.3 Å². The first kappa shape index (κ1) is 13.5. The number of aromatic nitrogens is 4. The summed E-state index contributed by atoms with van der Waals surface area (Å²) >= 11 is 0. The van der Waals surface area contributed by atoms with Crippen LogP contribution in [0.5, 0.6) is 0 Å². The van der Waals surface area contributed by atoms with E-state index in [9.17, 15) is 4.79 Å². The molecule has 2 aromatic rings. The Morgan fingerprint density at radius 2 is 2.05 bits per heavy atom. The number of amides is 1. The molecule has 2 aromatic heterocycles. The van der Waals surface area contributed by atoms with E-state index in [1.807, 2.05) is 6.20 Å². The van der Waals surface area contributed by atoms with E-state index in [2.05, 4.69) is 25.3 Å². The highest BCUT2D eigenvalue weighted by Crippen LogP contribution is 2.24. The predicted molar refractivity (Wildman–Crippen MR) is 79.5 cm³/mol. The van der Waals surface area contributed by atoms with Gasteiger partial charge in [0.05, 0.1) is 24.3 Å². The fraction of sp³-hybridized carbons (Fsp3) is 0.429. The summed E-state index contributed by atoms with van der Waals surface area (Å²) in [6, 6.07) is 0. The Bertz CT molecular complexity index is 632. The Morgan fingerprint density at radius 3 is 2.81 bits per heavy atom. The maximum atomic E-state index is 11.1. The van der Waals surface area contributed by atoms with E-state index >= 15 is 0 Å². The van der Waals surface area contributed by atoms with E-state index < -0.39 is 0 Å². The maximum Gasteiger partial charge on any atom is 0.221 e. The van der Waals surface area contributed by atoms with Crippen molar-refractivity contribution in [1.29, 1.82) is 0 Å². The van der Waals surface area contributed by atoms with Crippen LogP contribution in [0.25, 0.3) is 5.82 Å². The molecule has 1 amide bonds. The van der Waals surface area contributed by atoms with E-state index in [1.165, 1.54) is 32.5 Å². The van der Waals surface area contributed by atoms with Gasteiger partial charge >= 0.3 is 0 Å². The fourth-order valence-electron chi connectivity index (χ4n) is 2.56. The van der Waals surface area contributed by atoms with E-state index in [1.54, 1.807) is 17.1 Å². The normalized spacial score (nSPS) is 15.0. The number of nitrogens with one attached hydrogen (secondary N) is 1. The summed E-state index contributed by atoms with van der Waals surface area (Å²) in [5, 5.41) is 6.99. The Balaban J connectivity index is 1.90. The summed E-state index contributed by atoms with van der Waals surface area (Å²) in [5.74, 6) is 0.622. The minimum absolute atomic E-state index is 0.117. The molecule has 1 saturated heterocycles. The van der Waals surface area contributed by atoms with Crippen LogP contribution in [0, 0.1) is 0 Å². The molecule has 0 aliphatic carbocycles. The van der Waals surface area contributed by atoms with Crippen LogP contribution < -0.4 is 10.2 Å². The average Bonchev–Trinajstić information content (AvgIpc) is 2.96. The van der Waals surface area contributed by atoms with Gasteiger partial charge < -0.3 is 10.2 Å². The second kappa shape index (κ2) is 5.90. The maximum absolute atomic E-state index is 11.1. The van der Waals surface area contributed by atoms with Crippen molar-refractivity contribution in [2.24, 2.45) is 0 Å². The third kappa shape index (κ3) is 3.01. The SMILES string of the molecule is CC(=O)Nc1cnn(-c2ncncc2N2CCCCC2)c1. The molecule has 21 heavy (non-hydrogen) atoms. The summed E-state index contributed by atoms with van der Waals surface area (Å²) < 4.78 is 1.68. The summed E-state index contributed by atoms with van der Waals surface area (Å²) in [6.45, 7) is 3.50. The number of hydrogen-bond acceptors (Lipinski definition) is 5. The molecule has 0 aromatic carbocycles. The Kier molecular flexibility index (Phi) is 3.81. The topological polar surface area (TPSA) is 75.9 Å². The summed E-state index contributed by atoms with van der Waals surface area (Å²) in [7, 11) is 0. The number of carbonyl (C=O) groups excluding carboxylic acids is 1. The molecule has 0 unspecified atom stereocenters. The molecule has 1 fully saturated rings. The third-order valence-electron chi connectivity index (χ3n) is 3.49. The van der Waals surface area contributed by atoms with Gasteiger partial charge in [0.1, 0.15) is 12.0 Å². The van der Waals surface area contributed by atoms with Crippen molar-refractivity contribution < 1.29 is 4.79 Å². The van der Waals surface area contributed by atoms with Gasteiger partial charge in [-0.1, -0.05) is 0 Å². The molecule has 3 heterocycles. The molecular formula is C14H18N6O. The van der Waals surface area contributed by atoms with Crippen molar-refractivity contribution in [2.75, 3.05) is 23.3 Å². The number of rotatable bonds is 3. The van der Waals surface area contributed by atoms with Crippen molar-refractivity contribution in [2.45, 2.75) is 26.2 Å². The molecule has 7 nitrogen and oxygen atoms in total. The molecule has 0 saturated carbocycles. The van der Waals surface area contributed by atoms with Crippen LogP contribution in [0.3, 0.4) is 0 Å². The van der Waals surface area contributed by atoms with Gasteiger partial charge in [-0.25, -0.2) is 14.6 Å². The molecule has 0 bridgehead atoms. The molecule has 110 valence electrons. The van der Waals surface area contributed by atoms with Crippen LogP contribution in [0.1, 0.15) is 26.2 Å². The van der Waals surface area contributed by atoms with Crippen LogP contribution in [-0.4, -0.2) is 38.7 Å². The van der Waals surface area contributed by atoms with Crippen LogP contribution in [0.4, 0.5) is 11.4 Å². The summed E-state index contributed by atoms with van der Waals surface area (Å²) in [5.41, 5.74) is 1.64.